The standard InChI is InChI=1S/C23H20BrNO8S/c1-34(29,30)33-21(15-31-23(26)17-11-13-18(14-12-17)25(27)28)22(16-7-3-2-4-8-16)32-20-10-6-5-9-19(20)24/h2-14,21-22H,15H2,1H3/t21-,22+/m0/s1. The Bertz CT molecular complexity index is 1250. The topological polar surface area (TPSA) is 122 Å². The Morgan fingerprint density at radius 3 is 2.21 bits per heavy atom. The zero-order chi connectivity index (χ0) is 24.7. The number of nitrogens with zero attached hydrogens (tertiary/aromatic N) is 1. The van der Waals surface area contributed by atoms with Crippen LogP contribution in [-0.2, 0) is 19.0 Å². The maximum Gasteiger partial charge on any atom is 0.338 e. The maximum atomic E-state index is 12.5. The molecular weight excluding hydrogens is 530 g/mol. The van der Waals surface area contributed by atoms with Crippen LogP contribution in [0.2, 0.25) is 0 Å². The van der Waals surface area contributed by atoms with Gasteiger partial charge in [0.15, 0.2) is 12.2 Å². The summed E-state index contributed by atoms with van der Waals surface area (Å²) >= 11 is 3.40. The van der Waals surface area contributed by atoms with Gasteiger partial charge in [-0.1, -0.05) is 42.5 Å². The Morgan fingerprint density at radius 2 is 1.62 bits per heavy atom. The van der Waals surface area contributed by atoms with Gasteiger partial charge in [-0.15, -0.1) is 0 Å². The van der Waals surface area contributed by atoms with Gasteiger partial charge in [-0.05, 0) is 45.8 Å². The van der Waals surface area contributed by atoms with Crippen molar-refractivity contribution in [2.24, 2.45) is 0 Å². The van der Waals surface area contributed by atoms with Crippen molar-refractivity contribution in [3.05, 3.63) is 105 Å². The summed E-state index contributed by atoms with van der Waals surface area (Å²) in [5.74, 6) is -0.371. The summed E-state index contributed by atoms with van der Waals surface area (Å²) in [4.78, 5) is 22.7. The third-order valence-corrected chi connectivity index (χ3v) is 5.80. The molecule has 0 saturated carbocycles. The monoisotopic (exact) mass is 549 g/mol. The highest BCUT2D eigenvalue weighted by Gasteiger charge is 2.31. The van der Waals surface area contributed by atoms with Crippen LogP contribution >= 0.6 is 15.9 Å². The Labute approximate surface area is 204 Å². The molecule has 2 atom stereocenters. The van der Waals surface area contributed by atoms with Gasteiger partial charge in [-0.25, -0.2) is 4.79 Å². The molecule has 0 bridgehead atoms. The summed E-state index contributed by atoms with van der Waals surface area (Å²) in [5, 5.41) is 10.8. The molecule has 3 aromatic carbocycles. The Kier molecular flexibility index (Phi) is 8.37. The fourth-order valence-electron chi connectivity index (χ4n) is 3.03. The largest absolute Gasteiger partial charge is 0.482 e. The van der Waals surface area contributed by atoms with Gasteiger partial charge in [0.05, 0.1) is 21.2 Å². The molecule has 178 valence electrons. The number of esters is 1. The van der Waals surface area contributed by atoms with Crippen LogP contribution in [0.3, 0.4) is 0 Å². The molecule has 11 heteroatoms. The maximum absolute atomic E-state index is 12.5. The summed E-state index contributed by atoms with van der Waals surface area (Å²) < 4.78 is 41.4. The first kappa shape index (κ1) is 25.3. The summed E-state index contributed by atoms with van der Waals surface area (Å²) in [6.07, 6.45) is -1.30. The molecule has 0 spiro atoms. The minimum absolute atomic E-state index is 0.0617. The van der Waals surface area contributed by atoms with E-state index in [1.807, 2.05) is 0 Å². The number of nitro groups is 1. The summed E-state index contributed by atoms with van der Waals surface area (Å²) in [5.41, 5.74) is 0.478. The van der Waals surface area contributed by atoms with Crippen LogP contribution in [0.4, 0.5) is 5.69 Å². The average Bonchev–Trinajstić information content (AvgIpc) is 2.81. The molecule has 0 unspecified atom stereocenters. The fourth-order valence-corrected chi connectivity index (χ4v) is 4.01. The molecule has 0 aromatic heterocycles. The number of nitro benzene ring substituents is 1. The quantitative estimate of drug-likeness (QED) is 0.154. The molecule has 3 rings (SSSR count). The highest BCUT2D eigenvalue weighted by atomic mass is 79.9. The first-order valence-electron chi connectivity index (χ1n) is 9.90. The predicted molar refractivity (Wildman–Crippen MR) is 127 cm³/mol. The first-order chi connectivity index (χ1) is 16.1. The first-order valence-corrected chi connectivity index (χ1v) is 12.5. The number of carbonyl (C=O) groups excluding carboxylic acids is 1. The van der Waals surface area contributed by atoms with Crippen LogP contribution in [0.1, 0.15) is 22.0 Å². The highest BCUT2D eigenvalue weighted by Crippen LogP contribution is 2.32. The van der Waals surface area contributed by atoms with Crippen molar-refractivity contribution >= 4 is 37.7 Å². The zero-order valence-corrected chi connectivity index (χ0v) is 20.3. The van der Waals surface area contributed by atoms with Crippen molar-refractivity contribution in [3.8, 4) is 5.75 Å². The number of rotatable bonds is 10. The van der Waals surface area contributed by atoms with Crippen LogP contribution in [0.15, 0.2) is 83.3 Å². The van der Waals surface area contributed by atoms with Crippen LogP contribution < -0.4 is 4.74 Å². The number of hydrogen-bond acceptors (Lipinski definition) is 8. The number of hydrogen-bond donors (Lipinski definition) is 0. The Morgan fingerprint density at radius 1 is 1.00 bits per heavy atom. The van der Waals surface area contributed by atoms with Crippen molar-refractivity contribution in [3.63, 3.8) is 0 Å². The van der Waals surface area contributed by atoms with Crippen molar-refractivity contribution < 1.29 is 31.8 Å². The van der Waals surface area contributed by atoms with Crippen LogP contribution in [0, 0.1) is 10.1 Å². The van der Waals surface area contributed by atoms with E-state index in [9.17, 15) is 23.3 Å². The van der Waals surface area contributed by atoms with Gasteiger partial charge in [0.2, 0.25) is 0 Å². The summed E-state index contributed by atoms with van der Waals surface area (Å²) in [6.45, 7) is -0.465. The van der Waals surface area contributed by atoms with E-state index in [-0.39, 0.29) is 11.3 Å². The molecule has 0 aliphatic rings. The van der Waals surface area contributed by atoms with E-state index in [1.165, 1.54) is 24.3 Å². The second-order valence-corrected chi connectivity index (χ2v) is 9.58. The predicted octanol–water partition coefficient (Wildman–Crippen LogP) is 4.68. The molecule has 0 heterocycles. The van der Waals surface area contributed by atoms with E-state index in [0.717, 1.165) is 6.26 Å². The van der Waals surface area contributed by atoms with Gasteiger partial charge in [0.1, 0.15) is 12.4 Å². The lowest BCUT2D eigenvalue weighted by Gasteiger charge is -2.27. The number of benzene rings is 3. The van der Waals surface area contributed by atoms with E-state index in [1.54, 1.807) is 54.6 Å². The highest BCUT2D eigenvalue weighted by molar-refractivity contribution is 9.10. The SMILES string of the molecule is CS(=O)(=O)O[C@@H](COC(=O)c1ccc([N+](=O)[O-])cc1)[C@H](Oc1ccccc1Br)c1ccccc1. The van der Waals surface area contributed by atoms with Crippen molar-refractivity contribution in [1.29, 1.82) is 0 Å². The fraction of sp³-hybridized carbons (Fsp3) is 0.174. The molecule has 0 amide bonds. The smallest absolute Gasteiger partial charge is 0.338 e. The van der Waals surface area contributed by atoms with Crippen molar-refractivity contribution in [2.75, 3.05) is 12.9 Å². The van der Waals surface area contributed by atoms with E-state index in [4.69, 9.17) is 13.7 Å². The molecule has 0 N–H and O–H groups in total. The number of para-hydroxylation sites is 1. The normalized spacial score (nSPS) is 13.0. The minimum atomic E-state index is -3.96. The second-order valence-electron chi connectivity index (χ2n) is 7.12. The van der Waals surface area contributed by atoms with Crippen molar-refractivity contribution in [2.45, 2.75) is 12.2 Å². The van der Waals surface area contributed by atoms with E-state index < -0.39 is 39.8 Å². The van der Waals surface area contributed by atoms with Crippen LogP contribution in [-0.4, -0.2) is 38.3 Å². The summed E-state index contributed by atoms with van der Waals surface area (Å²) in [7, 11) is -3.96. The van der Waals surface area contributed by atoms with Gasteiger partial charge in [0.25, 0.3) is 15.8 Å². The molecule has 0 radical (unpaired) electrons. The number of carbonyl (C=O) groups is 1. The average molecular weight is 550 g/mol. The van der Waals surface area contributed by atoms with E-state index >= 15 is 0 Å². The lowest BCUT2D eigenvalue weighted by molar-refractivity contribution is -0.384. The molecule has 0 fully saturated rings. The third kappa shape index (κ3) is 7.11. The molecule has 34 heavy (non-hydrogen) atoms. The van der Waals surface area contributed by atoms with Gasteiger partial charge in [-0.3, -0.25) is 14.3 Å². The summed E-state index contributed by atoms with van der Waals surface area (Å²) in [6, 6.07) is 20.6. The number of non-ortho nitro benzene ring substituents is 1. The van der Waals surface area contributed by atoms with Gasteiger partial charge < -0.3 is 9.47 Å². The van der Waals surface area contributed by atoms with Crippen LogP contribution in [0.25, 0.3) is 0 Å². The van der Waals surface area contributed by atoms with E-state index in [2.05, 4.69) is 15.9 Å². The van der Waals surface area contributed by atoms with Gasteiger partial charge in [0, 0.05) is 12.1 Å². The van der Waals surface area contributed by atoms with Crippen LogP contribution in [0.5, 0.6) is 5.75 Å². The van der Waals surface area contributed by atoms with Gasteiger partial charge >= 0.3 is 5.97 Å². The van der Waals surface area contributed by atoms with Gasteiger partial charge in [-0.2, -0.15) is 8.42 Å². The molecule has 3 aromatic rings. The van der Waals surface area contributed by atoms with Crippen molar-refractivity contribution in [1.82, 2.24) is 0 Å². The van der Waals surface area contributed by atoms with E-state index in [0.29, 0.717) is 15.8 Å². The third-order valence-electron chi connectivity index (χ3n) is 4.55. The second kappa shape index (κ2) is 11.2. The molecule has 0 saturated heterocycles. The molecule has 0 aliphatic carbocycles. The zero-order valence-electron chi connectivity index (χ0n) is 17.9. The number of ether oxygens (including phenoxy) is 2. The lowest BCUT2D eigenvalue weighted by atomic mass is 10.0. The molecule has 9 nitrogen and oxygen atoms in total. The minimum Gasteiger partial charge on any atom is -0.482 e. The molecule has 0 aliphatic heterocycles. The Hall–Kier alpha value is -3.28. The molecular formula is C23H20BrNO8S. The Balaban J connectivity index is 1.88. The number of halogens is 1. The lowest BCUT2D eigenvalue weighted by Crippen LogP contribution is -2.34.